The molecule has 0 radical (unpaired) electrons. The van der Waals surface area contributed by atoms with Crippen molar-refractivity contribution in [3.63, 3.8) is 0 Å². The molecule has 2 aliphatic heterocycles. The van der Waals surface area contributed by atoms with Crippen LogP contribution in [0.15, 0.2) is 18.2 Å². The molecule has 2 aliphatic rings. The van der Waals surface area contributed by atoms with Crippen molar-refractivity contribution in [3.05, 3.63) is 23.8 Å². The highest BCUT2D eigenvalue weighted by atomic mass is 32.2. The largest absolute Gasteiger partial charge is 0.454 e. The molecular formula is C16H24N4O5S. The summed E-state index contributed by atoms with van der Waals surface area (Å²) < 4.78 is 37.4. The molecule has 1 aromatic carbocycles. The molecule has 0 aromatic heterocycles. The molecule has 0 bridgehead atoms. The van der Waals surface area contributed by atoms with E-state index >= 15 is 0 Å². The number of carbonyl (C=O) groups excluding carboxylic acids is 1. The van der Waals surface area contributed by atoms with Crippen LogP contribution in [0, 0.1) is 0 Å². The number of amides is 1. The van der Waals surface area contributed by atoms with Crippen LogP contribution in [0.3, 0.4) is 0 Å². The van der Waals surface area contributed by atoms with Gasteiger partial charge in [-0.25, -0.2) is 0 Å². The molecule has 0 aliphatic carbocycles. The van der Waals surface area contributed by atoms with Gasteiger partial charge in [0, 0.05) is 46.8 Å². The zero-order chi connectivity index (χ0) is 18.7. The summed E-state index contributed by atoms with van der Waals surface area (Å²) in [6, 6.07) is 5.91. The Hall–Kier alpha value is -1.88. The van der Waals surface area contributed by atoms with Crippen LogP contribution in [0.25, 0.3) is 0 Å². The molecule has 2 heterocycles. The summed E-state index contributed by atoms with van der Waals surface area (Å²) in [4.78, 5) is 16.1. The van der Waals surface area contributed by atoms with E-state index in [1.807, 2.05) is 18.2 Å². The van der Waals surface area contributed by atoms with Gasteiger partial charge in [-0.15, -0.1) is 0 Å². The van der Waals surface area contributed by atoms with Gasteiger partial charge in [0.05, 0.1) is 6.54 Å². The van der Waals surface area contributed by atoms with Gasteiger partial charge in [0.25, 0.3) is 10.2 Å². The molecule has 0 atom stereocenters. The van der Waals surface area contributed by atoms with Gasteiger partial charge >= 0.3 is 0 Å². The van der Waals surface area contributed by atoms with Crippen LogP contribution in [-0.4, -0.2) is 82.0 Å². The molecule has 1 saturated heterocycles. The zero-order valence-corrected chi connectivity index (χ0v) is 15.8. The summed E-state index contributed by atoms with van der Waals surface area (Å²) in [6.07, 6.45) is 0. The van der Waals surface area contributed by atoms with E-state index in [0.29, 0.717) is 13.1 Å². The van der Waals surface area contributed by atoms with Crippen LogP contribution in [0.2, 0.25) is 0 Å². The summed E-state index contributed by atoms with van der Waals surface area (Å²) in [5.74, 6) is 1.33. The topological polar surface area (TPSA) is 91.4 Å². The van der Waals surface area contributed by atoms with Gasteiger partial charge in [-0.1, -0.05) is 6.07 Å². The monoisotopic (exact) mass is 384 g/mol. The molecule has 144 valence electrons. The summed E-state index contributed by atoms with van der Waals surface area (Å²) in [7, 11) is -0.748. The number of benzene rings is 1. The minimum absolute atomic E-state index is 0.210. The first kappa shape index (κ1) is 18.9. The van der Waals surface area contributed by atoms with Crippen LogP contribution in [0.4, 0.5) is 0 Å². The van der Waals surface area contributed by atoms with Crippen molar-refractivity contribution in [2.24, 2.45) is 0 Å². The maximum atomic E-state index is 12.2. The highest BCUT2D eigenvalue weighted by Crippen LogP contribution is 2.32. The molecule has 0 unspecified atom stereocenters. The molecular weight excluding hydrogens is 360 g/mol. The lowest BCUT2D eigenvalue weighted by atomic mass is 10.1. The van der Waals surface area contributed by atoms with Gasteiger partial charge in [-0.2, -0.15) is 17.4 Å². The molecule has 0 spiro atoms. The number of piperazine rings is 1. The Morgan fingerprint density at radius 3 is 2.54 bits per heavy atom. The van der Waals surface area contributed by atoms with Crippen LogP contribution < -0.4 is 14.2 Å². The fraction of sp³-hybridized carbons (Fsp3) is 0.562. The van der Waals surface area contributed by atoms with Crippen molar-refractivity contribution in [1.29, 1.82) is 0 Å². The molecule has 0 saturated carbocycles. The number of nitrogens with one attached hydrogen (secondary N) is 1. The lowest BCUT2D eigenvalue weighted by Crippen LogP contribution is -2.51. The van der Waals surface area contributed by atoms with Crippen molar-refractivity contribution in [3.8, 4) is 11.5 Å². The third kappa shape index (κ3) is 4.44. The van der Waals surface area contributed by atoms with E-state index in [1.165, 1.54) is 14.1 Å². The fourth-order valence-corrected chi connectivity index (χ4v) is 3.41. The Kier molecular flexibility index (Phi) is 5.66. The first-order valence-corrected chi connectivity index (χ1v) is 9.85. The highest BCUT2D eigenvalue weighted by Gasteiger charge is 2.23. The Morgan fingerprint density at radius 1 is 1.15 bits per heavy atom. The quantitative estimate of drug-likeness (QED) is 0.708. The Labute approximate surface area is 153 Å². The number of ether oxygens (including phenoxy) is 2. The van der Waals surface area contributed by atoms with E-state index in [4.69, 9.17) is 9.47 Å². The molecule has 1 aromatic rings. The van der Waals surface area contributed by atoms with E-state index in [2.05, 4.69) is 9.62 Å². The van der Waals surface area contributed by atoms with Crippen molar-refractivity contribution in [1.82, 2.24) is 18.8 Å². The van der Waals surface area contributed by atoms with E-state index in [9.17, 15) is 13.2 Å². The second kappa shape index (κ2) is 7.78. The number of carbonyl (C=O) groups is 1. The first-order valence-electron chi connectivity index (χ1n) is 8.41. The Bertz CT molecular complexity index is 760. The number of nitrogens with zero attached hydrogens (tertiary/aromatic N) is 3. The normalized spacial score (nSPS) is 17.7. The predicted octanol–water partition coefficient (Wildman–Crippen LogP) is -0.544. The minimum atomic E-state index is -3.59. The van der Waals surface area contributed by atoms with E-state index in [-0.39, 0.29) is 19.2 Å². The maximum Gasteiger partial charge on any atom is 0.279 e. The van der Waals surface area contributed by atoms with Gasteiger partial charge in [0.1, 0.15) is 0 Å². The van der Waals surface area contributed by atoms with Gasteiger partial charge < -0.3 is 14.4 Å². The number of hydrogen-bond donors (Lipinski definition) is 1. The van der Waals surface area contributed by atoms with E-state index < -0.39 is 10.2 Å². The average molecular weight is 384 g/mol. The first-order chi connectivity index (χ1) is 12.3. The second-order valence-corrected chi connectivity index (χ2v) is 8.42. The Morgan fingerprint density at radius 2 is 1.85 bits per heavy atom. The number of rotatable bonds is 6. The van der Waals surface area contributed by atoms with E-state index in [0.717, 1.165) is 41.0 Å². The van der Waals surface area contributed by atoms with Crippen molar-refractivity contribution in [2.45, 2.75) is 6.54 Å². The summed E-state index contributed by atoms with van der Waals surface area (Å²) in [5.41, 5.74) is 1.13. The molecule has 3 rings (SSSR count). The minimum Gasteiger partial charge on any atom is -0.454 e. The Balaban J connectivity index is 1.46. The van der Waals surface area contributed by atoms with Crippen LogP contribution in [0.5, 0.6) is 11.5 Å². The van der Waals surface area contributed by atoms with Gasteiger partial charge in [-0.3, -0.25) is 9.69 Å². The molecule has 26 heavy (non-hydrogen) atoms. The lowest BCUT2D eigenvalue weighted by molar-refractivity contribution is -0.131. The number of hydrogen-bond acceptors (Lipinski definition) is 6. The zero-order valence-electron chi connectivity index (χ0n) is 15.0. The van der Waals surface area contributed by atoms with Gasteiger partial charge in [-0.05, 0) is 17.7 Å². The maximum absolute atomic E-state index is 12.2. The van der Waals surface area contributed by atoms with Gasteiger partial charge in [0.15, 0.2) is 11.5 Å². The molecule has 10 heteroatoms. The second-order valence-electron chi connectivity index (χ2n) is 6.45. The predicted molar refractivity (Wildman–Crippen MR) is 95.0 cm³/mol. The lowest BCUT2D eigenvalue weighted by Gasteiger charge is -2.34. The smallest absolute Gasteiger partial charge is 0.279 e. The molecule has 1 fully saturated rings. The fourth-order valence-electron chi connectivity index (χ4n) is 2.85. The average Bonchev–Trinajstić information content (AvgIpc) is 3.08. The van der Waals surface area contributed by atoms with Gasteiger partial charge in [0.2, 0.25) is 12.7 Å². The standard InChI is InChI=1S/C16H24N4O5S/c1-18(2)26(22,23)17-10-16(21)20-7-5-19(6-8-20)11-13-3-4-14-15(9-13)25-12-24-14/h3-4,9,17H,5-8,10-12H2,1-2H3. The van der Waals surface area contributed by atoms with E-state index in [1.54, 1.807) is 4.90 Å². The van der Waals surface area contributed by atoms with Crippen molar-refractivity contribution >= 4 is 16.1 Å². The summed E-state index contributed by atoms with van der Waals surface area (Å²) in [5, 5.41) is 0. The van der Waals surface area contributed by atoms with Crippen molar-refractivity contribution < 1.29 is 22.7 Å². The van der Waals surface area contributed by atoms with Crippen LogP contribution in [-0.2, 0) is 21.5 Å². The SMILES string of the molecule is CN(C)S(=O)(=O)NCC(=O)N1CCN(Cc2ccc3c(c2)OCO3)CC1. The van der Waals surface area contributed by atoms with Crippen molar-refractivity contribution in [2.75, 3.05) is 53.6 Å². The third-order valence-electron chi connectivity index (χ3n) is 4.45. The van der Waals surface area contributed by atoms with Crippen LogP contribution >= 0.6 is 0 Å². The van der Waals surface area contributed by atoms with Crippen LogP contribution in [0.1, 0.15) is 5.56 Å². The highest BCUT2D eigenvalue weighted by molar-refractivity contribution is 7.87. The molecule has 1 amide bonds. The molecule has 1 N–H and O–H groups in total. The molecule has 9 nitrogen and oxygen atoms in total. The summed E-state index contributed by atoms with van der Waals surface area (Å²) in [6.45, 7) is 3.44. The summed E-state index contributed by atoms with van der Waals surface area (Å²) >= 11 is 0. The number of fused-ring (bicyclic) bond motifs is 1. The third-order valence-corrected chi connectivity index (χ3v) is 5.93.